The number of aromatic nitrogens is 2. The van der Waals surface area contributed by atoms with Crippen LogP contribution in [0.25, 0.3) is 32.8 Å². The van der Waals surface area contributed by atoms with E-state index in [-0.39, 0.29) is 6.04 Å². The van der Waals surface area contributed by atoms with Gasteiger partial charge in [-0.15, -0.1) is 10.2 Å². The van der Waals surface area contributed by atoms with Crippen molar-refractivity contribution in [2.45, 2.75) is 13.0 Å². The molecule has 202 valence electrons. The zero-order chi connectivity index (χ0) is 28.3. The smallest absolute Gasteiger partial charge is 0.157 e. The number of nitrogens with one attached hydrogen (secondary N) is 1. The molecule has 1 aromatic heterocycles. The Hall–Kier alpha value is -4.85. The maximum Gasteiger partial charge on any atom is 0.157 e. The third-order valence-electron chi connectivity index (χ3n) is 7.75. The van der Waals surface area contributed by atoms with E-state index < -0.39 is 7.92 Å². The van der Waals surface area contributed by atoms with Gasteiger partial charge < -0.3 is 5.32 Å². The van der Waals surface area contributed by atoms with E-state index in [0.29, 0.717) is 0 Å². The van der Waals surface area contributed by atoms with Gasteiger partial charge >= 0.3 is 0 Å². The predicted octanol–water partition coefficient (Wildman–Crippen LogP) is 8.38. The van der Waals surface area contributed by atoms with Crippen LogP contribution in [0.5, 0.6) is 0 Å². The number of anilines is 1. The van der Waals surface area contributed by atoms with Crippen LogP contribution in [0.1, 0.15) is 18.5 Å². The number of nitrogens with zero attached hydrogens (tertiary/aromatic N) is 2. The van der Waals surface area contributed by atoms with E-state index in [1.54, 1.807) is 0 Å². The first-order valence-corrected chi connectivity index (χ1v) is 15.6. The minimum absolute atomic E-state index is 0.0897. The van der Waals surface area contributed by atoms with Crippen LogP contribution in [0.15, 0.2) is 152 Å². The molecule has 7 aromatic rings. The Kier molecular flexibility index (Phi) is 7.18. The summed E-state index contributed by atoms with van der Waals surface area (Å²) in [6.07, 6.45) is 0. The molecular formula is C38H30N3P. The standard InChI is InChI=1S/C38H30N3P/c1-27(28-15-5-2-6-16-28)39-38-34-24-14-13-23-33(34)37(40-41-38)36-32-22-12-11-17-29(32)25-26-35(36)42(30-18-7-3-8-19-30)31-20-9-4-10-21-31/h2-27H,1H3,(H,39,41)/t27-/m0/s1. The van der Waals surface area contributed by atoms with E-state index in [0.717, 1.165) is 27.8 Å². The van der Waals surface area contributed by atoms with Crippen LogP contribution in [-0.2, 0) is 0 Å². The van der Waals surface area contributed by atoms with E-state index in [9.17, 15) is 0 Å². The molecule has 0 amide bonds. The topological polar surface area (TPSA) is 37.8 Å². The summed E-state index contributed by atoms with van der Waals surface area (Å²) in [5.74, 6) is 0.792. The molecule has 0 aliphatic carbocycles. The molecule has 0 spiro atoms. The lowest BCUT2D eigenvalue weighted by atomic mass is 9.98. The summed E-state index contributed by atoms with van der Waals surface area (Å²) in [4.78, 5) is 0. The number of fused-ring (bicyclic) bond motifs is 2. The Labute approximate surface area is 247 Å². The Morgan fingerprint density at radius 2 is 1.07 bits per heavy atom. The van der Waals surface area contributed by atoms with Crippen LogP contribution in [-0.4, -0.2) is 10.2 Å². The summed E-state index contributed by atoms with van der Waals surface area (Å²) in [7, 11) is -0.854. The van der Waals surface area contributed by atoms with E-state index in [4.69, 9.17) is 10.2 Å². The van der Waals surface area contributed by atoms with Gasteiger partial charge in [0.15, 0.2) is 5.82 Å². The average Bonchev–Trinajstić information content (AvgIpc) is 3.06. The highest BCUT2D eigenvalue weighted by Crippen LogP contribution is 2.42. The Morgan fingerprint density at radius 1 is 0.524 bits per heavy atom. The van der Waals surface area contributed by atoms with Crippen LogP contribution in [0.4, 0.5) is 5.82 Å². The molecule has 0 saturated carbocycles. The lowest BCUT2D eigenvalue weighted by molar-refractivity contribution is 0.866. The minimum Gasteiger partial charge on any atom is -0.362 e. The summed E-state index contributed by atoms with van der Waals surface area (Å²) in [5.41, 5.74) is 3.27. The fraction of sp³-hybridized carbons (Fsp3) is 0.0526. The van der Waals surface area contributed by atoms with Gasteiger partial charge in [0, 0.05) is 16.3 Å². The van der Waals surface area contributed by atoms with Crippen molar-refractivity contribution in [3.8, 4) is 11.3 Å². The molecule has 0 aliphatic heterocycles. The lowest BCUT2D eigenvalue weighted by Crippen LogP contribution is -2.22. The average molecular weight is 560 g/mol. The lowest BCUT2D eigenvalue weighted by Gasteiger charge is -2.24. The largest absolute Gasteiger partial charge is 0.362 e. The van der Waals surface area contributed by atoms with Gasteiger partial charge in [0.1, 0.15) is 5.69 Å². The van der Waals surface area contributed by atoms with Crippen LogP contribution >= 0.6 is 7.92 Å². The highest BCUT2D eigenvalue weighted by atomic mass is 31.1. The van der Waals surface area contributed by atoms with Gasteiger partial charge in [-0.1, -0.05) is 152 Å². The number of hydrogen-bond acceptors (Lipinski definition) is 3. The summed E-state index contributed by atoms with van der Waals surface area (Å²) in [6, 6.07) is 54.0. The van der Waals surface area contributed by atoms with E-state index in [1.807, 2.05) is 6.07 Å². The third kappa shape index (κ3) is 4.93. The minimum atomic E-state index is -0.854. The van der Waals surface area contributed by atoms with Crippen molar-refractivity contribution >= 4 is 51.2 Å². The van der Waals surface area contributed by atoms with Gasteiger partial charge in [-0.05, 0) is 47.1 Å². The van der Waals surface area contributed by atoms with Crippen LogP contribution in [0.2, 0.25) is 0 Å². The Morgan fingerprint density at radius 3 is 1.74 bits per heavy atom. The molecule has 1 heterocycles. The molecule has 0 saturated heterocycles. The van der Waals surface area contributed by atoms with E-state index >= 15 is 0 Å². The molecule has 3 nitrogen and oxygen atoms in total. The van der Waals surface area contributed by atoms with Gasteiger partial charge in [0.2, 0.25) is 0 Å². The fourth-order valence-electron chi connectivity index (χ4n) is 5.70. The molecule has 4 heteroatoms. The van der Waals surface area contributed by atoms with Gasteiger partial charge in [0.05, 0.1) is 6.04 Å². The first kappa shape index (κ1) is 26.1. The number of hydrogen-bond donors (Lipinski definition) is 1. The maximum absolute atomic E-state index is 5.00. The maximum atomic E-state index is 5.00. The Bertz CT molecular complexity index is 1940. The molecule has 42 heavy (non-hydrogen) atoms. The third-order valence-corrected chi connectivity index (χ3v) is 10.2. The molecular weight excluding hydrogens is 529 g/mol. The molecule has 0 bridgehead atoms. The van der Waals surface area contributed by atoms with Crippen molar-refractivity contribution in [3.63, 3.8) is 0 Å². The first-order chi connectivity index (χ1) is 20.8. The van der Waals surface area contributed by atoms with Crippen LogP contribution in [0.3, 0.4) is 0 Å². The highest BCUT2D eigenvalue weighted by Gasteiger charge is 2.24. The van der Waals surface area contributed by atoms with Crippen molar-refractivity contribution in [1.29, 1.82) is 0 Å². The van der Waals surface area contributed by atoms with Crippen LogP contribution in [0, 0.1) is 0 Å². The van der Waals surface area contributed by atoms with Crippen molar-refractivity contribution in [3.05, 3.63) is 157 Å². The molecule has 1 N–H and O–H groups in total. The summed E-state index contributed by atoms with van der Waals surface area (Å²) in [6.45, 7) is 2.16. The summed E-state index contributed by atoms with van der Waals surface area (Å²) in [5, 5.41) is 21.9. The molecule has 0 radical (unpaired) electrons. The summed E-state index contributed by atoms with van der Waals surface area (Å²) >= 11 is 0. The van der Waals surface area contributed by atoms with Crippen molar-refractivity contribution in [1.82, 2.24) is 10.2 Å². The second-order valence-corrected chi connectivity index (χ2v) is 12.6. The van der Waals surface area contributed by atoms with Crippen molar-refractivity contribution in [2.24, 2.45) is 0 Å². The normalized spacial score (nSPS) is 12.0. The molecule has 0 unspecified atom stereocenters. The fourth-order valence-corrected chi connectivity index (χ4v) is 8.17. The predicted molar refractivity (Wildman–Crippen MR) is 180 cm³/mol. The highest BCUT2D eigenvalue weighted by molar-refractivity contribution is 7.80. The van der Waals surface area contributed by atoms with E-state index in [1.165, 1.54) is 32.2 Å². The van der Waals surface area contributed by atoms with Gasteiger partial charge in [0.25, 0.3) is 0 Å². The quantitative estimate of drug-likeness (QED) is 0.199. The van der Waals surface area contributed by atoms with Crippen LogP contribution < -0.4 is 21.2 Å². The van der Waals surface area contributed by atoms with Gasteiger partial charge in [-0.25, -0.2) is 0 Å². The Balaban J connectivity index is 1.47. The van der Waals surface area contributed by atoms with Crippen molar-refractivity contribution < 1.29 is 0 Å². The van der Waals surface area contributed by atoms with Gasteiger partial charge in [-0.3, -0.25) is 0 Å². The number of benzene rings is 6. The molecule has 1 atom stereocenters. The van der Waals surface area contributed by atoms with Gasteiger partial charge in [-0.2, -0.15) is 0 Å². The monoisotopic (exact) mass is 559 g/mol. The molecule has 0 aliphatic rings. The number of rotatable bonds is 7. The molecule has 6 aromatic carbocycles. The second-order valence-electron chi connectivity index (χ2n) is 10.4. The van der Waals surface area contributed by atoms with Crippen molar-refractivity contribution in [2.75, 3.05) is 5.32 Å². The van der Waals surface area contributed by atoms with E-state index in [2.05, 4.69) is 158 Å². The summed E-state index contributed by atoms with van der Waals surface area (Å²) < 4.78 is 0. The second kappa shape index (κ2) is 11.6. The molecule has 0 fully saturated rings. The zero-order valence-corrected chi connectivity index (χ0v) is 24.2. The zero-order valence-electron chi connectivity index (χ0n) is 23.4. The first-order valence-electron chi connectivity index (χ1n) is 14.3. The molecule has 7 rings (SSSR count). The SMILES string of the molecule is C[C@H](Nc1nnc(-c2c(P(c3ccccc3)c3ccccc3)ccc3ccccc23)c2ccccc12)c1ccccc1.